The molecule has 1 N–H and O–H groups in total. The van der Waals surface area contributed by atoms with Gasteiger partial charge in [0.05, 0.1) is 11.6 Å². The second-order valence-corrected chi connectivity index (χ2v) is 9.87. The number of nitrogens with zero attached hydrogens (tertiary/aromatic N) is 1. The Kier molecular flexibility index (Phi) is 6.60. The molecule has 1 saturated heterocycles. The molecule has 1 aliphatic rings. The lowest BCUT2D eigenvalue weighted by Gasteiger charge is -2.50. The monoisotopic (exact) mass is 475 g/mol. The van der Waals surface area contributed by atoms with Crippen molar-refractivity contribution in [3.8, 4) is 0 Å². The Bertz CT molecular complexity index is 1070. The molecule has 0 radical (unpaired) electrons. The first-order chi connectivity index (χ1) is 15.1. The Morgan fingerprint density at radius 2 is 1.50 bits per heavy atom. The van der Waals surface area contributed by atoms with Gasteiger partial charge in [-0.3, -0.25) is 4.90 Å². The molecule has 3 aromatic rings. The van der Waals surface area contributed by atoms with Crippen LogP contribution in [0.4, 0.5) is 8.78 Å². The fourth-order valence-corrected chi connectivity index (χ4v) is 5.28. The van der Waals surface area contributed by atoms with E-state index in [9.17, 15) is 13.9 Å². The van der Waals surface area contributed by atoms with E-state index in [4.69, 9.17) is 23.2 Å². The van der Waals surface area contributed by atoms with E-state index in [-0.39, 0.29) is 12.0 Å². The summed E-state index contributed by atoms with van der Waals surface area (Å²) >= 11 is 12.7. The van der Waals surface area contributed by atoms with Gasteiger partial charge in [-0.2, -0.15) is 0 Å². The van der Waals surface area contributed by atoms with E-state index >= 15 is 0 Å². The molecular formula is C26H25Cl2F2NO. The molecule has 0 spiro atoms. The average molecular weight is 476 g/mol. The summed E-state index contributed by atoms with van der Waals surface area (Å²) in [6, 6.07) is 18.8. The number of halogens is 4. The first kappa shape index (κ1) is 23.2. The van der Waals surface area contributed by atoms with Crippen molar-refractivity contribution < 1.29 is 13.9 Å². The lowest BCUT2D eigenvalue weighted by Crippen LogP contribution is -2.54. The van der Waals surface area contributed by atoms with Crippen LogP contribution in [0.1, 0.15) is 42.5 Å². The highest BCUT2D eigenvalue weighted by atomic mass is 35.5. The topological polar surface area (TPSA) is 23.5 Å². The lowest BCUT2D eigenvalue weighted by molar-refractivity contribution is -0.0309. The van der Waals surface area contributed by atoms with Crippen molar-refractivity contribution in [3.05, 3.63) is 105 Å². The summed E-state index contributed by atoms with van der Waals surface area (Å²) in [6.45, 7) is 4.67. The predicted molar refractivity (Wildman–Crippen MR) is 125 cm³/mol. The van der Waals surface area contributed by atoms with Gasteiger partial charge in [0.15, 0.2) is 0 Å². The summed E-state index contributed by atoms with van der Waals surface area (Å²) in [5.41, 5.74) is 1.36. The van der Waals surface area contributed by atoms with Crippen LogP contribution >= 0.6 is 23.2 Å². The van der Waals surface area contributed by atoms with Crippen LogP contribution in [0.15, 0.2) is 66.7 Å². The molecule has 1 fully saturated rings. The molecule has 168 valence electrons. The molecule has 0 amide bonds. The van der Waals surface area contributed by atoms with E-state index < -0.39 is 23.2 Å². The van der Waals surface area contributed by atoms with Gasteiger partial charge in [0.2, 0.25) is 0 Å². The third kappa shape index (κ3) is 4.84. The first-order valence-electron chi connectivity index (χ1n) is 10.6. The van der Waals surface area contributed by atoms with E-state index in [2.05, 4.69) is 4.90 Å². The van der Waals surface area contributed by atoms with Crippen LogP contribution < -0.4 is 0 Å². The van der Waals surface area contributed by atoms with E-state index in [1.54, 1.807) is 13.8 Å². The second-order valence-electron chi connectivity index (χ2n) is 9.02. The minimum absolute atomic E-state index is 0.0217. The maximum absolute atomic E-state index is 13.9. The molecule has 0 aliphatic carbocycles. The van der Waals surface area contributed by atoms with Gasteiger partial charge < -0.3 is 5.11 Å². The van der Waals surface area contributed by atoms with Gasteiger partial charge in [-0.1, -0.05) is 53.5 Å². The third-order valence-electron chi connectivity index (χ3n) is 6.17. The maximum Gasteiger partial charge on any atom is 0.126 e. The summed E-state index contributed by atoms with van der Waals surface area (Å²) in [5, 5.41) is 12.2. The molecule has 1 aliphatic heterocycles. The Morgan fingerprint density at radius 3 is 2.06 bits per heavy atom. The zero-order valence-electron chi connectivity index (χ0n) is 17.9. The Labute approximate surface area is 197 Å². The number of hydrogen-bond donors (Lipinski definition) is 1. The molecule has 0 aromatic heterocycles. The van der Waals surface area contributed by atoms with E-state index in [0.717, 1.165) is 17.2 Å². The highest BCUT2D eigenvalue weighted by molar-refractivity contribution is 6.31. The van der Waals surface area contributed by atoms with Crippen LogP contribution in [0.2, 0.25) is 10.0 Å². The number of benzene rings is 3. The predicted octanol–water partition coefficient (Wildman–Crippen LogP) is 6.85. The maximum atomic E-state index is 13.9. The molecular weight excluding hydrogens is 451 g/mol. The molecule has 1 heterocycles. The zero-order valence-corrected chi connectivity index (χ0v) is 19.4. The van der Waals surface area contributed by atoms with Crippen molar-refractivity contribution in [2.75, 3.05) is 13.1 Å². The molecule has 0 bridgehead atoms. The van der Waals surface area contributed by atoms with Crippen LogP contribution in [0, 0.1) is 17.6 Å². The van der Waals surface area contributed by atoms with E-state index in [1.165, 1.54) is 12.1 Å². The lowest BCUT2D eigenvalue weighted by atomic mass is 9.71. The number of rotatable bonds is 6. The van der Waals surface area contributed by atoms with Crippen LogP contribution in [0.3, 0.4) is 0 Å². The van der Waals surface area contributed by atoms with Crippen molar-refractivity contribution in [3.63, 3.8) is 0 Å². The van der Waals surface area contributed by atoms with E-state index in [0.29, 0.717) is 28.7 Å². The quantitative estimate of drug-likeness (QED) is 0.421. The van der Waals surface area contributed by atoms with Gasteiger partial charge in [0, 0.05) is 35.1 Å². The fourth-order valence-electron chi connectivity index (χ4n) is 4.91. The van der Waals surface area contributed by atoms with Gasteiger partial charge in [-0.05, 0) is 66.8 Å². The third-order valence-corrected chi connectivity index (χ3v) is 6.76. The highest BCUT2D eigenvalue weighted by Crippen LogP contribution is 2.45. The molecule has 32 heavy (non-hydrogen) atoms. The first-order valence-corrected chi connectivity index (χ1v) is 11.3. The van der Waals surface area contributed by atoms with Gasteiger partial charge in [0.1, 0.15) is 11.6 Å². The van der Waals surface area contributed by atoms with Gasteiger partial charge in [-0.15, -0.1) is 0 Å². The SMILES string of the molecule is CC(C)(O)[C@@H](c1cc(F)cc(F)c1)C1CN(C(c2ccc(Cl)cc2)c2ccccc2Cl)C1. The zero-order chi connectivity index (χ0) is 23.0. The van der Waals surface area contributed by atoms with Crippen LogP contribution in [0.25, 0.3) is 0 Å². The minimum Gasteiger partial charge on any atom is -0.390 e. The smallest absolute Gasteiger partial charge is 0.126 e. The van der Waals surface area contributed by atoms with Crippen LogP contribution in [-0.2, 0) is 0 Å². The molecule has 3 aromatic carbocycles. The van der Waals surface area contributed by atoms with Crippen LogP contribution in [0.5, 0.6) is 0 Å². The normalized spacial score (nSPS) is 17.1. The summed E-state index contributed by atoms with van der Waals surface area (Å²) in [7, 11) is 0. The molecule has 4 rings (SSSR count). The highest BCUT2D eigenvalue weighted by Gasteiger charge is 2.44. The second kappa shape index (κ2) is 9.11. The Hall–Kier alpha value is -1.98. The minimum atomic E-state index is -1.14. The van der Waals surface area contributed by atoms with Crippen LogP contribution in [-0.4, -0.2) is 28.7 Å². The van der Waals surface area contributed by atoms with Gasteiger partial charge >= 0.3 is 0 Å². The van der Waals surface area contributed by atoms with Gasteiger partial charge in [0.25, 0.3) is 0 Å². The largest absolute Gasteiger partial charge is 0.390 e. The number of hydrogen-bond acceptors (Lipinski definition) is 2. The number of aliphatic hydroxyl groups is 1. The number of likely N-dealkylation sites (tertiary alicyclic amines) is 1. The Morgan fingerprint density at radius 1 is 0.906 bits per heavy atom. The van der Waals surface area contributed by atoms with E-state index in [1.807, 2.05) is 48.5 Å². The van der Waals surface area contributed by atoms with Crippen molar-refractivity contribution >= 4 is 23.2 Å². The molecule has 0 saturated carbocycles. The Balaban J connectivity index is 1.65. The molecule has 2 atom stereocenters. The molecule has 1 unspecified atom stereocenters. The summed E-state index contributed by atoms with van der Waals surface area (Å²) in [6.07, 6.45) is 0. The summed E-state index contributed by atoms with van der Waals surface area (Å²) in [4.78, 5) is 2.27. The fraction of sp³-hybridized carbons (Fsp3) is 0.308. The molecule has 6 heteroatoms. The summed E-state index contributed by atoms with van der Waals surface area (Å²) in [5.74, 6) is -1.67. The van der Waals surface area contributed by atoms with Crippen molar-refractivity contribution in [1.82, 2.24) is 4.90 Å². The van der Waals surface area contributed by atoms with Gasteiger partial charge in [-0.25, -0.2) is 8.78 Å². The van der Waals surface area contributed by atoms with Crippen molar-refractivity contribution in [2.24, 2.45) is 5.92 Å². The summed E-state index contributed by atoms with van der Waals surface area (Å²) < 4.78 is 27.9. The van der Waals surface area contributed by atoms with Crippen molar-refractivity contribution in [2.45, 2.75) is 31.4 Å². The average Bonchev–Trinajstić information content (AvgIpc) is 2.67. The van der Waals surface area contributed by atoms with Crippen molar-refractivity contribution in [1.29, 1.82) is 0 Å². The standard InChI is InChI=1S/C26H25Cl2F2NO/c1-26(2,32)24(17-11-20(29)13-21(30)12-17)18-14-31(15-18)25(16-7-9-19(27)10-8-16)22-5-3-4-6-23(22)28/h3-13,18,24-25,32H,14-15H2,1-2H3/t24-,25?/m0/s1. The molecule has 2 nitrogen and oxygen atoms in total.